The highest BCUT2D eigenvalue weighted by Gasteiger charge is 2.44. The van der Waals surface area contributed by atoms with Crippen molar-refractivity contribution in [3.05, 3.63) is 43.7 Å². The van der Waals surface area contributed by atoms with Gasteiger partial charge in [-0.15, -0.1) is 0 Å². The fraction of sp³-hybridized carbons (Fsp3) is 0.708. The van der Waals surface area contributed by atoms with Crippen molar-refractivity contribution in [1.82, 2.24) is 35.9 Å². The van der Waals surface area contributed by atoms with E-state index in [1.807, 2.05) is 0 Å². The maximum atomic E-state index is 12.8. The summed E-state index contributed by atoms with van der Waals surface area (Å²) in [7, 11) is 0. The maximum absolute atomic E-state index is 12.8. The Bertz CT molecular complexity index is 2450. The van der Waals surface area contributed by atoms with Crippen LogP contribution in [0.1, 0.15) is 137 Å². The fourth-order valence-corrected chi connectivity index (χ4v) is 11.7. The number of aryl methyl sites for hydroxylation is 2. The van der Waals surface area contributed by atoms with E-state index >= 15 is 0 Å². The van der Waals surface area contributed by atoms with Crippen LogP contribution in [-0.4, -0.2) is 101 Å². The smallest absolute Gasteiger partial charge is 0.407 e. The van der Waals surface area contributed by atoms with E-state index in [0.717, 1.165) is 38.5 Å². The van der Waals surface area contributed by atoms with Crippen molar-refractivity contribution in [1.29, 1.82) is 0 Å². The SMILES string of the molecule is Cc1cc(=O)[nH]c(NC(=O)NCC2(C)CC(N=C=O)CC(C)(C)C2)n1.Cc1nc(NC(=O)NCC2(C)CC(N=C=O)CC(C)(C)C2)[nH]c(=O)c1CCOC(=O)NCC1(C)CC(N=C=O)CC(C)(C)C1. The van der Waals surface area contributed by atoms with Gasteiger partial charge in [0.2, 0.25) is 30.1 Å². The van der Waals surface area contributed by atoms with Gasteiger partial charge in [-0.2, -0.15) is 0 Å². The fourth-order valence-electron chi connectivity index (χ4n) is 11.7. The molecule has 0 aromatic carbocycles. The summed E-state index contributed by atoms with van der Waals surface area (Å²) in [6.07, 6.45) is 11.6. The maximum Gasteiger partial charge on any atom is 0.407 e. The van der Waals surface area contributed by atoms with Crippen molar-refractivity contribution < 1.29 is 33.5 Å². The average molecular weight is 961 g/mol. The van der Waals surface area contributed by atoms with Crippen LogP contribution in [0, 0.1) is 46.3 Å². The molecule has 378 valence electrons. The number of rotatable bonds is 14. The summed E-state index contributed by atoms with van der Waals surface area (Å²) < 4.78 is 5.33. The van der Waals surface area contributed by atoms with Gasteiger partial charge in [0.15, 0.2) is 0 Å². The lowest BCUT2D eigenvalue weighted by Crippen LogP contribution is -2.45. The van der Waals surface area contributed by atoms with Gasteiger partial charge < -0.3 is 20.7 Å². The molecule has 3 saturated carbocycles. The topological polar surface area (TPSA) is 300 Å². The first-order valence-electron chi connectivity index (χ1n) is 23.5. The third-order valence-corrected chi connectivity index (χ3v) is 13.1. The Balaban J connectivity index is 0.000000350. The van der Waals surface area contributed by atoms with Crippen molar-refractivity contribution in [3.8, 4) is 0 Å². The number of nitrogens with zero attached hydrogens (tertiary/aromatic N) is 5. The van der Waals surface area contributed by atoms with E-state index in [0.29, 0.717) is 55.8 Å². The molecule has 5 amide bonds. The molecule has 3 aliphatic carbocycles. The number of isocyanates is 3. The molecule has 0 aliphatic heterocycles. The van der Waals surface area contributed by atoms with Crippen LogP contribution in [0.3, 0.4) is 0 Å². The quantitative estimate of drug-likeness (QED) is 0.0799. The van der Waals surface area contributed by atoms with Gasteiger partial charge in [-0.1, -0.05) is 62.3 Å². The number of urea groups is 2. The lowest BCUT2D eigenvalue weighted by atomic mass is 9.62. The number of alkyl carbamates (subject to hydrolysis) is 1. The molecule has 2 heterocycles. The van der Waals surface area contributed by atoms with Gasteiger partial charge in [0.25, 0.3) is 11.1 Å². The molecule has 21 nitrogen and oxygen atoms in total. The highest BCUT2D eigenvalue weighted by Crippen LogP contribution is 2.48. The van der Waals surface area contributed by atoms with Gasteiger partial charge >= 0.3 is 18.2 Å². The number of nitrogens with one attached hydrogen (secondary N) is 7. The summed E-state index contributed by atoms with van der Waals surface area (Å²) >= 11 is 0. The number of carbonyl (C=O) groups excluding carboxylic acids is 6. The molecule has 3 fully saturated rings. The van der Waals surface area contributed by atoms with E-state index in [1.165, 1.54) is 6.07 Å². The van der Waals surface area contributed by atoms with Crippen LogP contribution < -0.4 is 37.7 Å². The Morgan fingerprint density at radius 3 is 1.43 bits per heavy atom. The van der Waals surface area contributed by atoms with Crippen LogP contribution in [0.25, 0.3) is 0 Å². The molecule has 21 heteroatoms. The van der Waals surface area contributed by atoms with E-state index in [9.17, 15) is 38.4 Å². The van der Waals surface area contributed by atoms with Crippen LogP contribution in [0.2, 0.25) is 0 Å². The number of ether oxygens (including phenoxy) is 1. The summed E-state index contributed by atoms with van der Waals surface area (Å²) in [6, 6.07) is 0.0511. The molecule has 7 N–H and O–H groups in total. The number of hydrogen-bond donors (Lipinski definition) is 7. The van der Waals surface area contributed by atoms with E-state index < -0.39 is 23.7 Å². The van der Waals surface area contributed by atoms with E-state index in [2.05, 4.69) is 124 Å². The molecule has 6 unspecified atom stereocenters. The van der Waals surface area contributed by atoms with Gasteiger partial charge in [0.1, 0.15) is 0 Å². The number of carbonyl (C=O) groups is 3. The molecule has 0 radical (unpaired) electrons. The molecule has 5 rings (SSSR count). The van der Waals surface area contributed by atoms with Crippen molar-refractivity contribution in [2.24, 2.45) is 47.5 Å². The molecular formula is C48H72N12O9. The molecular weight excluding hydrogens is 889 g/mol. The number of aromatic amines is 2. The number of amides is 5. The lowest BCUT2D eigenvalue weighted by Gasteiger charge is -2.45. The minimum absolute atomic E-state index is 0.00541. The van der Waals surface area contributed by atoms with Crippen molar-refractivity contribution >= 4 is 48.3 Å². The Morgan fingerprint density at radius 1 is 0.638 bits per heavy atom. The predicted octanol–water partition coefficient (Wildman–Crippen LogP) is 6.43. The van der Waals surface area contributed by atoms with Crippen LogP contribution in [0.5, 0.6) is 0 Å². The standard InChI is InChI=1S/C31H47N7O6.C17H25N5O3/c1-20-23(8-9-44-27(43)33-17-31(7)13-22(35-19-40)11-29(4,5)15-31)24(41)37-25(36-20)38-26(42)32-16-30(6)12-21(34-18-39)10-28(2,3)14-30;1-11-5-13(24)21-14(20-11)22-15(25)18-9-17(4)7-12(19-10-23)6-16(2,3)8-17/h21-22H,8-17H2,1-7H3,(H,33,43)(H3,32,36,37,38,41,42);5,12H,6-9H2,1-4H3,(H3,18,20,21,22,24,25). The summed E-state index contributed by atoms with van der Waals surface area (Å²) in [5.74, 6) is 0.117. The van der Waals surface area contributed by atoms with E-state index in [1.54, 1.807) is 32.1 Å². The summed E-state index contributed by atoms with van der Waals surface area (Å²) in [5.41, 5.74) is -0.234. The second kappa shape index (κ2) is 22.9. The molecule has 0 saturated heterocycles. The zero-order valence-electron chi connectivity index (χ0n) is 42.1. The van der Waals surface area contributed by atoms with Crippen LogP contribution in [-0.2, 0) is 25.5 Å². The first kappa shape index (κ1) is 55.3. The lowest BCUT2D eigenvalue weighted by molar-refractivity contribution is 0.0785. The zero-order valence-corrected chi connectivity index (χ0v) is 42.1. The summed E-state index contributed by atoms with van der Waals surface area (Å²) in [6.45, 7) is 23.4. The first-order chi connectivity index (χ1) is 32.1. The molecule has 0 spiro atoms. The molecule has 0 bridgehead atoms. The number of aliphatic imine (C=N–C) groups is 3. The summed E-state index contributed by atoms with van der Waals surface area (Å²) in [4.78, 5) is 119. The Hall–Kier alpha value is -6.29. The number of H-pyrrole nitrogens is 2. The van der Waals surface area contributed by atoms with Crippen LogP contribution in [0.15, 0.2) is 30.6 Å². The third-order valence-electron chi connectivity index (χ3n) is 13.1. The Kier molecular flexibility index (Phi) is 18.3. The molecule has 6 atom stereocenters. The minimum atomic E-state index is -0.596. The Labute approximate surface area is 403 Å². The molecule has 3 aliphatic rings. The monoisotopic (exact) mass is 961 g/mol. The van der Waals surface area contributed by atoms with Gasteiger partial charge in [0.05, 0.1) is 30.4 Å². The second-order valence-electron chi connectivity index (χ2n) is 22.9. The van der Waals surface area contributed by atoms with Crippen LogP contribution in [0.4, 0.5) is 26.3 Å². The number of anilines is 2. The largest absolute Gasteiger partial charge is 0.449 e. The first-order valence-corrected chi connectivity index (χ1v) is 23.5. The van der Waals surface area contributed by atoms with Crippen molar-refractivity contribution in [2.45, 2.75) is 158 Å². The van der Waals surface area contributed by atoms with Crippen LogP contribution >= 0.6 is 0 Å². The average Bonchev–Trinajstić information content (AvgIpc) is 3.18. The van der Waals surface area contributed by atoms with E-state index in [4.69, 9.17) is 4.74 Å². The summed E-state index contributed by atoms with van der Waals surface area (Å²) in [5, 5.41) is 13.6. The Morgan fingerprint density at radius 2 is 1.04 bits per heavy atom. The highest BCUT2D eigenvalue weighted by atomic mass is 16.5. The third kappa shape index (κ3) is 18.0. The molecule has 2 aromatic rings. The highest BCUT2D eigenvalue weighted by molar-refractivity contribution is 5.87. The second-order valence-corrected chi connectivity index (χ2v) is 22.9. The predicted molar refractivity (Wildman–Crippen MR) is 259 cm³/mol. The van der Waals surface area contributed by atoms with Gasteiger partial charge in [0, 0.05) is 43.4 Å². The van der Waals surface area contributed by atoms with Gasteiger partial charge in [-0.05, 0) is 104 Å². The minimum Gasteiger partial charge on any atom is -0.449 e. The number of aromatic nitrogens is 4. The normalized spacial score (nSPS) is 26.3. The van der Waals surface area contributed by atoms with Crippen molar-refractivity contribution in [2.75, 3.05) is 36.9 Å². The number of hydrogen-bond acceptors (Lipinski definition) is 14. The van der Waals surface area contributed by atoms with E-state index in [-0.39, 0.29) is 81.1 Å². The zero-order chi connectivity index (χ0) is 51.4. The molecule has 69 heavy (non-hydrogen) atoms. The molecule has 2 aromatic heterocycles. The van der Waals surface area contributed by atoms with Gasteiger partial charge in [-0.25, -0.2) is 53.7 Å². The van der Waals surface area contributed by atoms with Crippen molar-refractivity contribution in [3.63, 3.8) is 0 Å². The van der Waals surface area contributed by atoms with Gasteiger partial charge in [-0.3, -0.25) is 30.2 Å².